The number of hydrogen-bond donors (Lipinski definition) is 2. The number of pyridine rings is 1. The molecular weight excluding hydrogens is 290 g/mol. The van der Waals surface area contributed by atoms with Gasteiger partial charge in [-0.1, -0.05) is 6.07 Å². The molecule has 2 N–H and O–H groups in total. The van der Waals surface area contributed by atoms with E-state index in [4.69, 9.17) is 4.42 Å². The number of furan rings is 1. The molecule has 0 spiro atoms. The van der Waals surface area contributed by atoms with E-state index in [-0.39, 0.29) is 11.7 Å². The van der Waals surface area contributed by atoms with Gasteiger partial charge in [-0.3, -0.25) is 4.79 Å². The number of benzene rings is 1. The molecule has 2 aromatic heterocycles. The fourth-order valence-corrected chi connectivity index (χ4v) is 2.11. The fraction of sp³-hybridized carbons (Fsp3) is 0.111. The van der Waals surface area contributed by atoms with Gasteiger partial charge in [-0.2, -0.15) is 0 Å². The summed E-state index contributed by atoms with van der Waals surface area (Å²) in [5.41, 5.74) is 4.33. The van der Waals surface area contributed by atoms with Gasteiger partial charge >= 0.3 is 0 Å². The lowest BCUT2D eigenvalue weighted by Gasteiger charge is -2.09. The molecule has 3 rings (SSSR count). The number of nitrogens with zero attached hydrogens (tertiary/aromatic N) is 1. The minimum Gasteiger partial charge on any atom is -0.459 e. The maximum Gasteiger partial charge on any atom is 0.292 e. The average molecular weight is 307 g/mol. The fourth-order valence-electron chi connectivity index (χ4n) is 2.11. The third-order valence-electron chi connectivity index (χ3n) is 3.55. The van der Waals surface area contributed by atoms with Gasteiger partial charge in [0.1, 0.15) is 5.82 Å². The number of nitrogens with one attached hydrogen (secondary N) is 2. The molecule has 0 aliphatic carbocycles. The van der Waals surface area contributed by atoms with Crippen molar-refractivity contribution in [3.05, 3.63) is 71.8 Å². The van der Waals surface area contributed by atoms with Crippen LogP contribution >= 0.6 is 0 Å². The summed E-state index contributed by atoms with van der Waals surface area (Å²) in [5, 5.41) is 5.97. The first-order valence-corrected chi connectivity index (χ1v) is 7.27. The molecule has 0 radical (unpaired) electrons. The third-order valence-corrected chi connectivity index (χ3v) is 3.55. The van der Waals surface area contributed by atoms with Gasteiger partial charge in [0.2, 0.25) is 0 Å². The van der Waals surface area contributed by atoms with Crippen LogP contribution in [0.3, 0.4) is 0 Å². The largest absolute Gasteiger partial charge is 0.459 e. The van der Waals surface area contributed by atoms with Crippen LogP contribution in [-0.4, -0.2) is 10.9 Å². The zero-order chi connectivity index (χ0) is 16.2. The van der Waals surface area contributed by atoms with Crippen LogP contribution in [0.25, 0.3) is 0 Å². The second-order valence-electron chi connectivity index (χ2n) is 5.29. The average Bonchev–Trinajstić information content (AvgIpc) is 3.07. The predicted molar refractivity (Wildman–Crippen MR) is 90.1 cm³/mol. The van der Waals surface area contributed by atoms with Crippen LogP contribution in [0.15, 0.2) is 59.3 Å². The SMILES string of the molecule is Cc1ccc(Nc2ccc(NC(=O)c3ccco3)nc2)cc1C. The summed E-state index contributed by atoms with van der Waals surface area (Å²) in [6, 6.07) is 13.0. The molecule has 0 unspecified atom stereocenters. The summed E-state index contributed by atoms with van der Waals surface area (Å²) in [5.74, 6) is 0.401. The van der Waals surface area contributed by atoms with Crippen molar-refractivity contribution in [3.63, 3.8) is 0 Å². The van der Waals surface area contributed by atoms with E-state index >= 15 is 0 Å². The Balaban J connectivity index is 1.67. The molecule has 0 saturated carbocycles. The standard InChI is InChI=1S/C18H17N3O2/c1-12-5-6-14(10-13(12)2)20-15-7-8-17(19-11-15)21-18(22)16-4-3-9-23-16/h3-11,20H,1-2H3,(H,19,21,22). The Morgan fingerprint density at radius 2 is 1.87 bits per heavy atom. The smallest absolute Gasteiger partial charge is 0.292 e. The van der Waals surface area contributed by atoms with Gasteiger partial charge in [0.05, 0.1) is 18.1 Å². The van der Waals surface area contributed by atoms with E-state index in [9.17, 15) is 4.79 Å². The summed E-state index contributed by atoms with van der Waals surface area (Å²) >= 11 is 0. The van der Waals surface area contributed by atoms with Gasteiger partial charge in [0.25, 0.3) is 5.91 Å². The van der Waals surface area contributed by atoms with E-state index < -0.39 is 0 Å². The highest BCUT2D eigenvalue weighted by Gasteiger charge is 2.09. The summed E-state index contributed by atoms with van der Waals surface area (Å²) in [7, 11) is 0. The number of rotatable bonds is 4. The lowest BCUT2D eigenvalue weighted by atomic mass is 10.1. The highest BCUT2D eigenvalue weighted by Crippen LogP contribution is 2.20. The molecule has 1 aromatic carbocycles. The van der Waals surface area contributed by atoms with Crippen LogP contribution in [0.5, 0.6) is 0 Å². The van der Waals surface area contributed by atoms with E-state index in [0.29, 0.717) is 5.82 Å². The highest BCUT2D eigenvalue weighted by molar-refractivity contribution is 6.01. The van der Waals surface area contributed by atoms with Gasteiger partial charge in [0, 0.05) is 5.69 Å². The van der Waals surface area contributed by atoms with Gasteiger partial charge < -0.3 is 15.1 Å². The number of carbonyl (C=O) groups excluding carboxylic acids is 1. The molecule has 0 saturated heterocycles. The van der Waals surface area contributed by atoms with Crippen molar-refractivity contribution in [3.8, 4) is 0 Å². The first kappa shape index (κ1) is 14.8. The predicted octanol–water partition coefficient (Wildman–Crippen LogP) is 4.29. The first-order chi connectivity index (χ1) is 11.1. The number of hydrogen-bond acceptors (Lipinski definition) is 4. The molecular formula is C18H17N3O2. The van der Waals surface area contributed by atoms with E-state index in [1.807, 2.05) is 12.1 Å². The van der Waals surface area contributed by atoms with Crippen molar-refractivity contribution in [2.45, 2.75) is 13.8 Å². The second kappa shape index (κ2) is 6.36. The molecule has 2 heterocycles. The van der Waals surface area contributed by atoms with E-state index in [1.165, 1.54) is 17.4 Å². The minimum absolute atomic E-state index is 0.254. The number of anilines is 3. The molecule has 5 nitrogen and oxygen atoms in total. The van der Waals surface area contributed by atoms with Crippen LogP contribution in [-0.2, 0) is 0 Å². The lowest BCUT2D eigenvalue weighted by molar-refractivity contribution is 0.0996. The van der Waals surface area contributed by atoms with Crippen LogP contribution in [0, 0.1) is 13.8 Å². The lowest BCUT2D eigenvalue weighted by Crippen LogP contribution is -2.11. The zero-order valence-corrected chi connectivity index (χ0v) is 13.0. The Morgan fingerprint density at radius 3 is 2.52 bits per heavy atom. The zero-order valence-electron chi connectivity index (χ0n) is 13.0. The molecule has 0 aliphatic rings. The van der Waals surface area contributed by atoms with Crippen molar-refractivity contribution in [1.82, 2.24) is 4.98 Å². The maximum absolute atomic E-state index is 11.9. The van der Waals surface area contributed by atoms with Crippen molar-refractivity contribution in [2.75, 3.05) is 10.6 Å². The van der Waals surface area contributed by atoms with Gasteiger partial charge in [-0.25, -0.2) is 4.98 Å². The van der Waals surface area contributed by atoms with Crippen LogP contribution in [0.2, 0.25) is 0 Å². The Hall–Kier alpha value is -3.08. The van der Waals surface area contributed by atoms with Crippen LogP contribution in [0.4, 0.5) is 17.2 Å². The monoisotopic (exact) mass is 307 g/mol. The molecule has 23 heavy (non-hydrogen) atoms. The number of carbonyl (C=O) groups is 1. The quantitative estimate of drug-likeness (QED) is 0.754. The second-order valence-corrected chi connectivity index (χ2v) is 5.29. The molecule has 0 aliphatic heterocycles. The first-order valence-electron chi connectivity index (χ1n) is 7.27. The van der Waals surface area contributed by atoms with Gasteiger partial charge in [0.15, 0.2) is 5.76 Å². The summed E-state index contributed by atoms with van der Waals surface area (Å²) in [6.07, 6.45) is 3.13. The van der Waals surface area contributed by atoms with Crippen molar-refractivity contribution in [1.29, 1.82) is 0 Å². The molecule has 0 bridgehead atoms. The van der Waals surface area contributed by atoms with Gasteiger partial charge in [-0.15, -0.1) is 0 Å². The molecule has 1 amide bonds. The summed E-state index contributed by atoms with van der Waals surface area (Å²) < 4.78 is 5.04. The van der Waals surface area contributed by atoms with E-state index in [0.717, 1.165) is 11.4 Å². The molecule has 0 atom stereocenters. The van der Waals surface area contributed by atoms with Crippen LogP contribution in [0.1, 0.15) is 21.7 Å². The molecule has 3 aromatic rings. The van der Waals surface area contributed by atoms with Crippen molar-refractivity contribution in [2.24, 2.45) is 0 Å². The third kappa shape index (κ3) is 3.58. The maximum atomic E-state index is 11.9. The van der Waals surface area contributed by atoms with Gasteiger partial charge in [-0.05, 0) is 61.4 Å². The Labute approximate surface area is 134 Å². The molecule has 5 heteroatoms. The normalized spacial score (nSPS) is 10.3. The number of aromatic nitrogens is 1. The van der Waals surface area contributed by atoms with E-state index in [1.54, 1.807) is 24.4 Å². The van der Waals surface area contributed by atoms with Crippen molar-refractivity contribution >= 4 is 23.1 Å². The molecule has 0 fully saturated rings. The topological polar surface area (TPSA) is 67.2 Å². The summed E-state index contributed by atoms with van der Waals surface area (Å²) in [4.78, 5) is 16.1. The number of aryl methyl sites for hydroxylation is 2. The van der Waals surface area contributed by atoms with E-state index in [2.05, 4.69) is 41.6 Å². The van der Waals surface area contributed by atoms with Crippen LogP contribution < -0.4 is 10.6 Å². The minimum atomic E-state index is -0.322. The molecule has 116 valence electrons. The number of amides is 1. The Kier molecular flexibility index (Phi) is 4.10. The summed E-state index contributed by atoms with van der Waals surface area (Å²) in [6.45, 7) is 4.16. The van der Waals surface area contributed by atoms with Crippen molar-refractivity contribution < 1.29 is 9.21 Å². The highest BCUT2D eigenvalue weighted by atomic mass is 16.3. The Morgan fingerprint density at radius 1 is 1.04 bits per heavy atom. The Bertz CT molecular complexity index is 809.